The number of benzene rings is 9. The largest absolute Gasteiger partial charge is 0.455 e. The van der Waals surface area contributed by atoms with Crippen LogP contribution in [-0.4, -0.2) is 0 Å². The molecule has 57 heavy (non-hydrogen) atoms. The van der Waals surface area contributed by atoms with Crippen molar-refractivity contribution in [1.82, 2.24) is 0 Å². The summed E-state index contributed by atoms with van der Waals surface area (Å²) >= 11 is 0. The van der Waals surface area contributed by atoms with Crippen LogP contribution in [-0.2, 0) is 0 Å². The summed E-state index contributed by atoms with van der Waals surface area (Å²) in [6, 6.07) is 74.9. The molecular weight excluding hydrogens is 695 g/mol. The highest BCUT2D eigenvalue weighted by Crippen LogP contribution is 2.49. The maximum absolute atomic E-state index is 6.98. The Morgan fingerprint density at radius 1 is 0.298 bits per heavy atom. The van der Waals surface area contributed by atoms with Crippen LogP contribution in [0.2, 0.25) is 0 Å². The Hall–Kier alpha value is -7.62. The highest BCUT2D eigenvalue weighted by Gasteiger charge is 2.25. The van der Waals surface area contributed by atoms with Gasteiger partial charge in [0.1, 0.15) is 16.7 Å². The van der Waals surface area contributed by atoms with Gasteiger partial charge in [-0.3, -0.25) is 0 Å². The number of para-hydroxylation sites is 1. The molecule has 0 saturated carbocycles. The van der Waals surface area contributed by atoms with Gasteiger partial charge in [-0.1, -0.05) is 158 Å². The first-order valence-corrected chi connectivity index (χ1v) is 19.3. The molecule has 0 aliphatic rings. The van der Waals surface area contributed by atoms with Gasteiger partial charge in [-0.05, 0) is 93.5 Å². The van der Waals surface area contributed by atoms with Crippen molar-refractivity contribution >= 4 is 60.9 Å². The van der Waals surface area contributed by atoms with Gasteiger partial charge >= 0.3 is 0 Å². The molecule has 11 aromatic rings. The first kappa shape index (κ1) is 32.8. The molecule has 0 fully saturated rings. The molecule has 0 unspecified atom stereocenters. The Morgan fingerprint density at radius 2 is 0.789 bits per heavy atom. The van der Waals surface area contributed by atoms with E-state index in [2.05, 4.69) is 205 Å². The molecule has 0 aliphatic carbocycles. The van der Waals surface area contributed by atoms with Crippen LogP contribution in [0.5, 0.6) is 0 Å². The van der Waals surface area contributed by atoms with Gasteiger partial charge in [0, 0.05) is 27.4 Å². The van der Waals surface area contributed by atoms with E-state index in [4.69, 9.17) is 8.83 Å². The SMILES string of the molecule is c1ccc(-c2ccc(N(c3cccc4c3oc3cc(-c5ccccc5)ccc34)c3ccc(-c4ccccc4)c4oc5cc(-c6ccccc6)ccc5c34)cc2)cc1. The second-order valence-corrected chi connectivity index (χ2v) is 14.5. The average Bonchev–Trinajstić information content (AvgIpc) is 3.87. The van der Waals surface area contributed by atoms with Crippen LogP contribution >= 0.6 is 0 Å². The third kappa shape index (κ3) is 5.68. The van der Waals surface area contributed by atoms with E-state index < -0.39 is 0 Å². The van der Waals surface area contributed by atoms with E-state index >= 15 is 0 Å². The predicted octanol–water partition coefficient (Wildman–Crippen LogP) is 15.6. The van der Waals surface area contributed by atoms with E-state index in [0.29, 0.717) is 0 Å². The first-order valence-electron chi connectivity index (χ1n) is 19.3. The van der Waals surface area contributed by atoms with E-state index in [1.807, 2.05) is 12.1 Å². The number of fused-ring (bicyclic) bond motifs is 6. The van der Waals surface area contributed by atoms with Gasteiger partial charge in [-0.2, -0.15) is 0 Å². The van der Waals surface area contributed by atoms with Crippen molar-refractivity contribution < 1.29 is 8.83 Å². The maximum Gasteiger partial charge on any atom is 0.159 e. The van der Waals surface area contributed by atoms with Crippen molar-refractivity contribution in [3.05, 3.63) is 212 Å². The van der Waals surface area contributed by atoms with Crippen molar-refractivity contribution in [2.75, 3.05) is 4.90 Å². The molecule has 0 atom stereocenters. The summed E-state index contributed by atoms with van der Waals surface area (Å²) in [5, 5.41) is 4.23. The summed E-state index contributed by atoms with van der Waals surface area (Å²) < 4.78 is 13.9. The molecule has 2 heterocycles. The van der Waals surface area contributed by atoms with E-state index in [-0.39, 0.29) is 0 Å². The first-order chi connectivity index (χ1) is 28.3. The fraction of sp³-hybridized carbons (Fsp3) is 0. The van der Waals surface area contributed by atoms with Crippen LogP contribution in [0.25, 0.3) is 88.4 Å². The van der Waals surface area contributed by atoms with Crippen molar-refractivity contribution in [3.8, 4) is 44.5 Å². The Morgan fingerprint density at radius 3 is 1.40 bits per heavy atom. The Bertz CT molecular complexity index is 3200. The highest BCUT2D eigenvalue weighted by atomic mass is 16.3. The third-order valence-electron chi connectivity index (χ3n) is 11.1. The quantitative estimate of drug-likeness (QED) is 0.164. The van der Waals surface area contributed by atoms with Crippen molar-refractivity contribution in [1.29, 1.82) is 0 Å². The number of nitrogens with zero attached hydrogens (tertiary/aromatic N) is 1. The molecule has 11 rings (SSSR count). The number of furan rings is 2. The van der Waals surface area contributed by atoms with Gasteiger partial charge in [0.25, 0.3) is 0 Å². The third-order valence-corrected chi connectivity index (χ3v) is 11.1. The molecule has 0 spiro atoms. The maximum atomic E-state index is 6.98. The van der Waals surface area contributed by atoms with E-state index in [1.165, 1.54) is 5.56 Å². The average molecular weight is 730 g/mol. The molecule has 0 amide bonds. The Labute approximate surface area is 330 Å². The zero-order chi connectivity index (χ0) is 37.7. The molecule has 0 radical (unpaired) electrons. The van der Waals surface area contributed by atoms with Gasteiger partial charge in [0.2, 0.25) is 0 Å². The lowest BCUT2D eigenvalue weighted by Gasteiger charge is -2.27. The molecule has 0 saturated heterocycles. The van der Waals surface area contributed by atoms with E-state index in [0.717, 1.165) is 99.9 Å². The van der Waals surface area contributed by atoms with Gasteiger partial charge in [0.05, 0.1) is 16.8 Å². The summed E-state index contributed by atoms with van der Waals surface area (Å²) in [6.07, 6.45) is 0. The van der Waals surface area contributed by atoms with Crippen LogP contribution in [0.3, 0.4) is 0 Å². The molecule has 0 bridgehead atoms. The second-order valence-electron chi connectivity index (χ2n) is 14.5. The lowest BCUT2D eigenvalue weighted by molar-refractivity contribution is 0.668. The predicted molar refractivity (Wildman–Crippen MR) is 237 cm³/mol. The highest BCUT2D eigenvalue weighted by molar-refractivity contribution is 6.19. The second kappa shape index (κ2) is 13.6. The van der Waals surface area contributed by atoms with E-state index in [9.17, 15) is 0 Å². The van der Waals surface area contributed by atoms with Crippen LogP contribution < -0.4 is 4.90 Å². The van der Waals surface area contributed by atoms with Crippen LogP contribution in [0, 0.1) is 0 Å². The number of hydrogen-bond acceptors (Lipinski definition) is 3. The molecule has 3 heteroatoms. The molecule has 0 N–H and O–H groups in total. The van der Waals surface area contributed by atoms with Crippen LogP contribution in [0.15, 0.2) is 221 Å². The van der Waals surface area contributed by atoms with E-state index in [1.54, 1.807) is 0 Å². The molecule has 3 nitrogen and oxygen atoms in total. The van der Waals surface area contributed by atoms with Gasteiger partial charge < -0.3 is 13.7 Å². The summed E-state index contributed by atoms with van der Waals surface area (Å²) in [4.78, 5) is 2.34. The van der Waals surface area contributed by atoms with Crippen molar-refractivity contribution in [2.24, 2.45) is 0 Å². The topological polar surface area (TPSA) is 29.5 Å². The van der Waals surface area contributed by atoms with Crippen LogP contribution in [0.1, 0.15) is 0 Å². The number of hydrogen-bond donors (Lipinski definition) is 0. The molecule has 2 aromatic heterocycles. The number of rotatable bonds is 7. The molecule has 9 aromatic carbocycles. The normalized spacial score (nSPS) is 11.5. The minimum absolute atomic E-state index is 0.823. The zero-order valence-corrected chi connectivity index (χ0v) is 31.0. The minimum atomic E-state index is 0.823. The summed E-state index contributed by atoms with van der Waals surface area (Å²) in [5.74, 6) is 0. The monoisotopic (exact) mass is 729 g/mol. The number of anilines is 3. The Balaban J connectivity index is 1.18. The molecule has 268 valence electrons. The fourth-order valence-electron chi connectivity index (χ4n) is 8.31. The standard InChI is InChI=1S/C54H35NO2/c1-5-14-36(15-6-1)39-24-28-43(29-25-39)55(49-23-13-22-46-45-30-26-41(34-50(45)56-53(46)49)37-16-7-2-8-17-37)48-33-32-44(40-20-11-4-12-21-40)54-52(48)47-31-27-42(35-51(47)57-54)38-18-9-3-10-19-38/h1-35H. The molecular formula is C54H35NO2. The smallest absolute Gasteiger partial charge is 0.159 e. The van der Waals surface area contributed by atoms with Crippen molar-refractivity contribution in [3.63, 3.8) is 0 Å². The van der Waals surface area contributed by atoms with Crippen LogP contribution in [0.4, 0.5) is 17.1 Å². The summed E-state index contributed by atoms with van der Waals surface area (Å²) in [6.45, 7) is 0. The molecule has 0 aliphatic heterocycles. The van der Waals surface area contributed by atoms with Gasteiger partial charge in [-0.15, -0.1) is 0 Å². The van der Waals surface area contributed by atoms with Crippen molar-refractivity contribution in [2.45, 2.75) is 0 Å². The Kier molecular flexibility index (Phi) is 7.82. The lowest BCUT2D eigenvalue weighted by atomic mass is 9.98. The summed E-state index contributed by atoms with van der Waals surface area (Å²) in [7, 11) is 0. The lowest BCUT2D eigenvalue weighted by Crippen LogP contribution is -2.10. The summed E-state index contributed by atoms with van der Waals surface area (Å²) in [5.41, 5.74) is 15.3. The fourth-order valence-corrected chi connectivity index (χ4v) is 8.31. The van der Waals surface area contributed by atoms with Gasteiger partial charge in [-0.25, -0.2) is 0 Å². The zero-order valence-electron chi connectivity index (χ0n) is 31.0. The minimum Gasteiger partial charge on any atom is -0.455 e. The van der Waals surface area contributed by atoms with Gasteiger partial charge in [0.15, 0.2) is 5.58 Å².